The zero-order chi connectivity index (χ0) is 12.5. The molecule has 0 aliphatic carbocycles. The first-order valence-corrected chi connectivity index (χ1v) is 6.88. The molecule has 1 aromatic heterocycles. The zero-order valence-corrected chi connectivity index (χ0v) is 11.9. The average molecular weight is 321 g/mol. The molecule has 0 aliphatic heterocycles. The van der Waals surface area contributed by atoms with Gasteiger partial charge in [0.15, 0.2) is 0 Å². The molecular weight excluding hydrogens is 310 g/mol. The lowest BCUT2D eigenvalue weighted by Gasteiger charge is -2.06. The molecule has 3 aromatic rings. The molecular formula is C15H11BrClN. The van der Waals surface area contributed by atoms with Gasteiger partial charge in [0.25, 0.3) is 0 Å². The first-order valence-electron chi connectivity index (χ1n) is 5.71. The Morgan fingerprint density at radius 1 is 1.06 bits per heavy atom. The van der Waals surface area contributed by atoms with Crippen LogP contribution in [0.15, 0.2) is 59.2 Å². The summed E-state index contributed by atoms with van der Waals surface area (Å²) in [6.45, 7) is 0.839. The summed E-state index contributed by atoms with van der Waals surface area (Å²) in [6, 6.07) is 16.4. The molecule has 3 heteroatoms. The van der Waals surface area contributed by atoms with Crippen molar-refractivity contribution in [3.8, 4) is 0 Å². The summed E-state index contributed by atoms with van der Waals surface area (Å²) in [5, 5.41) is 2.03. The number of aromatic nitrogens is 1. The van der Waals surface area contributed by atoms with Crippen molar-refractivity contribution in [2.75, 3.05) is 0 Å². The molecule has 2 aromatic carbocycles. The quantitative estimate of drug-likeness (QED) is 0.618. The topological polar surface area (TPSA) is 4.93 Å². The van der Waals surface area contributed by atoms with Crippen LogP contribution in [0.1, 0.15) is 5.56 Å². The van der Waals surface area contributed by atoms with Crippen molar-refractivity contribution in [2.45, 2.75) is 6.54 Å². The van der Waals surface area contributed by atoms with Gasteiger partial charge in [0.05, 0.1) is 0 Å². The minimum absolute atomic E-state index is 0.784. The van der Waals surface area contributed by atoms with E-state index in [9.17, 15) is 0 Å². The van der Waals surface area contributed by atoms with Gasteiger partial charge in [0, 0.05) is 33.1 Å². The summed E-state index contributed by atoms with van der Waals surface area (Å²) < 4.78 is 3.34. The fourth-order valence-corrected chi connectivity index (χ4v) is 2.73. The van der Waals surface area contributed by atoms with Crippen molar-refractivity contribution >= 4 is 38.4 Å². The van der Waals surface area contributed by atoms with E-state index in [0.29, 0.717) is 0 Å². The molecule has 1 nitrogen and oxygen atoms in total. The van der Waals surface area contributed by atoms with Crippen molar-refractivity contribution in [3.05, 3.63) is 69.8 Å². The zero-order valence-electron chi connectivity index (χ0n) is 9.61. The van der Waals surface area contributed by atoms with Crippen molar-refractivity contribution in [2.24, 2.45) is 0 Å². The molecule has 18 heavy (non-hydrogen) atoms. The van der Waals surface area contributed by atoms with Gasteiger partial charge in [0.2, 0.25) is 0 Å². The number of hydrogen-bond acceptors (Lipinski definition) is 0. The van der Waals surface area contributed by atoms with Gasteiger partial charge < -0.3 is 4.57 Å². The molecule has 0 saturated heterocycles. The van der Waals surface area contributed by atoms with E-state index in [4.69, 9.17) is 11.6 Å². The van der Waals surface area contributed by atoms with Gasteiger partial charge in [-0.05, 0) is 42.0 Å². The van der Waals surface area contributed by atoms with Crippen molar-refractivity contribution in [3.63, 3.8) is 0 Å². The summed E-state index contributed by atoms with van der Waals surface area (Å²) in [5.41, 5.74) is 2.45. The van der Waals surface area contributed by atoms with E-state index in [1.807, 2.05) is 18.2 Å². The molecule has 1 heterocycles. The second kappa shape index (κ2) is 4.79. The van der Waals surface area contributed by atoms with Crippen LogP contribution in [0.5, 0.6) is 0 Å². The lowest BCUT2D eigenvalue weighted by Crippen LogP contribution is -1.97. The fraction of sp³-hybridized carbons (Fsp3) is 0.0667. The second-order valence-electron chi connectivity index (χ2n) is 4.28. The van der Waals surface area contributed by atoms with Crippen LogP contribution in [-0.2, 0) is 6.54 Å². The monoisotopic (exact) mass is 319 g/mol. The summed E-state index contributed by atoms with van der Waals surface area (Å²) in [6.07, 6.45) is 2.11. The molecule has 0 atom stereocenters. The van der Waals surface area contributed by atoms with Gasteiger partial charge in [-0.25, -0.2) is 0 Å². The van der Waals surface area contributed by atoms with Gasteiger partial charge in [-0.1, -0.05) is 39.7 Å². The fourth-order valence-electron chi connectivity index (χ4n) is 2.14. The van der Waals surface area contributed by atoms with E-state index in [-0.39, 0.29) is 0 Å². The van der Waals surface area contributed by atoms with E-state index in [1.54, 1.807) is 0 Å². The Morgan fingerprint density at radius 2 is 1.94 bits per heavy atom. The minimum atomic E-state index is 0.784. The number of nitrogens with zero attached hydrogens (tertiary/aromatic N) is 1. The summed E-state index contributed by atoms with van der Waals surface area (Å²) in [4.78, 5) is 0. The van der Waals surface area contributed by atoms with E-state index in [2.05, 4.69) is 57.0 Å². The predicted octanol–water partition coefficient (Wildman–Crippen LogP) is 5.11. The Balaban J connectivity index is 2.00. The van der Waals surface area contributed by atoms with Crippen LogP contribution in [0.2, 0.25) is 5.02 Å². The van der Waals surface area contributed by atoms with Crippen LogP contribution in [-0.4, -0.2) is 4.57 Å². The van der Waals surface area contributed by atoms with Gasteiger partial charge in [-0.15, -0.1) is 0 Å². The Hall–Kier alpha value is -1.25. The molecule has 0 N–H and O–H groups in total. The third kappa shape index (κ3) is 2.31. The third-order valence-electron chi connectivity index (χ3n) is 2.97. The summed E-state index contributed by atoms with van der Waals surface area (Å²) >= 11 is 9.50. The van der Waals surface area contributed by atoms with E-state index in [1.165, 1.54) is 16.5 Å². The molecule has 90 valence electrons. The summed E-state index contributed by atoms with van der Waals surface area (Å²) in [7, 11) is 0. The standard InChI is InChI=1S/C15H11BrClN/c16-13-4-5-15-12(9-13)6-7-18(15)10-11-2-1-3-14(17)8-11/h1-9H,10H2. The lowest BCUT2D eigenvalue weighted by atomic mass is 10.2. The van der Waals surface area contributed by atoms with Gasteiger partial charge in [-0.3, -0.25) is 0 Å². The summed E-state index contributed by atoms with van der Waals surface area (Å²) in [5.74, 6) is 0. The normalized spacial score (nSPS) is 11.0. The SMILES string of the molecule is Clc1cccc(Cn2ccc3cc(Br)ccc32)c1. The number of hydrogen-bond donors (Lipinski definition) is 0. The van der Waals surface area contributed by atoms with Crippen LogP contribution in [0.4, 0.5) is 0 Å². The van der Waals surface area contributed by atoms with Gasteiger partial charge >= 0.3 is 0 Å². The highest BCUT2D eigenvalue weighted by Gasteiger charge is 2.02. The first-order chi connectivity index (χ1) is 8.72. The number of rotatable bonds is 2. The van der Waals surface area contributed by atoms with Crippen LogP contribution in [0.3, 0.4) is 0 Å². The number of halogens is 2. The Labute approximate surface area is 119 Å². The maximum atomic E-state index is 6.01. The molecule has 0 radical (unpaired) electrons. The first kappa shape index (κ1) is 11.8. The van der Waals surface area contributed by atoms with Crippen molar-refractivity contribution in [1.29, 1.82) is 0 Å². The van der Waals surface area contributed by atoms with Crippen LogP contribution in [0.25, 0.3) is 10.9 Å². The molecule has 0 fully saturated rings. The highest BCUT2D eigenvalue weighted by molar-refractivity contribution is 9.10. The van der Waals surface area contributed by atoms with Crippen molar-refractivity contribution in [1.82, 2.24) is 4.57 Å². The molecule has 0 unspecified atom stereocenters. The molecule has 0 spiro atoms. The van der Waals surface area contributed by atoms with Crippen LogP contribution >= 0.6 is 27.5 Å². The lowest BCUT2D eigenvalue weighted by molar-refractivity contribution is 0.837. The minimum Gasteiger partial charge on any atom is -0.343 e. The maximum absolute atomic E-state index is 6.01. The third-order valence-corrected chi connectivity index (χ3v) is 3.70. The molecule has 3 rings (SSSR count). The average Bonchev–Trinajstić information content (AvgIpc) is 2.72. The van der Waals surface area contributed by atoms with E-state index in [0.717, 1.165) is 16.0 Å². The molecule has 0 amide bonds. The molecule has 0 aliphatic rings. The predicted molar refractivity (Wildman–Crippen MR) is 80.2 cm³/mol. The molecule has 0 saturated carbocycles. The highest BCUT2D eigenvalue weighted by atomic mass is 79.9. The maximum Gasteiger partial charge on any atom is 0.0484 e. The number of benzene rings is 2. The number of fused-ring (bicyclic) bond motifs is 1. The largest absolute Gasteiger partial charge is 0.343 e. The second-order valence-corrected chi connectivity index (χ2v) is 5.63. The van der Waals surface area contributed by atoms with E-state index >= 15 is 0 Å². The van der Waals surface area contributed by atoms with Gasteiger partial charge in [0.1, 0.15) is 0 Å². The Kier molecular flexibility index (Phi) is 3.14. The van der Waals surface area contributed by atoms with Crippen LogP contribution in [0, 0.1) is 0 Å². The highest BCUT2D eigenvalue weighted by Crippen LogP contribution is 2.22. The Bertz CT molecular complexity index is 703. The van der Waals surface area contributed by atoms with Gasteiger partial charge in [-0.2, -0.15) is 0 Å². The smallest absolute Gasteiger partial charge is 0.0484 e. The van der Waals surface area contributed by atoms with Crippen LogP contribution < -0.4 is 0 Å². The molecule has 0 bridgehead atoms. The Morgan fingerprint density at radius 3 is 2.78 bits per heavy atom. The van der Waals surface area contributed by atoms with Crippen molar-refractivity contribution < 1.29 is 0 Å². The van der Waals surface area contributed by atoms with E-state index < -0.39 is 0 Å².